The fourth-order valence-corrected chi connectivity index (χ4v) is 2.55. The molecule has 17 heavy (non-hydrogen) atoms. The van der Waals surface area contributed by atoms with E-state index in [1.165, 1.54) is 12.7 Å². The Hall–Kier alpha value is -1.51. The van der Waals surface area contributed by atoms with Crippen LogP contribution in [0.4, 0.5) is 0 Å². The van der Waals surface area contributed by atoms with Gasteiger partial charge in [-0.05, 0) is 48.4 Å². The number of hydrogen-bond donors (Lipinski definition) is 1. The zero-order valence-corrected chi connectivity index (χ0v) is 10.1. The molecule has 3 nitrogen and oxygen atoms in total. The topological polar surface area (TPSA) is 46.5 Å². The van der Waals surface area contributed by atoms with Crippen LogP contribution >= 0.6 is 0 Å². The van der Waals surface area contributed by atoms with Crippen molar-refractivity contribution in [2.24, 2.45) is 0 Å². The zero-order valence-electron chi connectivity index (χ0n) is 10.1. The first kappa shape index (κ1) is 12.0. The van der Waals surface area contributed by atoms with Crippen molar-refractivity contribution >= 4 is 5.97 Å². The molecule has 1 unspecified atom stereocenters. The molecule has 92 valence electrons. The van der Waals surface area contributed by atoms with Crippen LogP contribution in [0, 0.1) is 0 Å². The van der Waals surface area contributed by atoms with Gasteiger partial charge in [-0.15, -0.1) is 0 Å². The molecule has 0 aliphatic heterocycles. The number of rotatable bonds is 2. The number of aromatic hydroxyl groups is 1. The quantitative estimate of drug-likeness (QED) is 0.632. The molecule has 1 aromatic carbocycles. The third-order valence-corrected chi connectivity index (χ3v) is 3.46. The van der Waals surface area contributed by atoms with Crippen molar-refractivity contribution in [3.05, 3.63) is 29.3 Å². The Morgan fingerprint density at radius 1 is 1.47 bits per heavy atom. The molecular weight excluding hydrogens is 216 g/mol. The predicted molar refractivity (Wildman–Crippen MR) is 65.0 cm³/mol. The maximum Gasteiger partial charge on any atom is 0.306 e. The standard InChI is InChI=1S/C14H18O3/c1-17-14(16)8-11-5-3-2-4-10-6-7-12(15)9-13(10)11/h6-7,9,11,15H,2-5,8H2,1H3. The minimum absolute atomic E-state index is 0.175. The van der Waals surface area contributed by atoms with Crippen molar-refractivity contribution in [1.82, 2.24) is 0 Å². The summed E-state index contributed by atoms with van der Waals surface area (Å²) in [4.78, 5) is 11.4. The summed E-state index contributed by atoms with van der Waals surface area (Å²) in [6, 6.07) is 5.49. The van der Waals surface area contributed by atoms with Gasteiger partial charge in [0.2, 0.25) is 0 Å². The molecule has 1 atom stereocenters. The van der Waals surface area contributed by atoms with Gasteiger partial charge in [-0.25, -0.2) is 0 Å². The molecule has 0 aromatic heterocycles. The van der Waals surface area contributed by atoms with Crippen LogP contribution in [-0.2, 0) is 16.0 Å². The summed E-state index contributed by atoms with van der Waals surface area (Å²) in [5.41, 5.74) is 2.38. The molecule has 2 rings (SSSR count). The summed E-state index contributed by atoms with van der Waals surface area (Å²) in [6.45, 7) is 0. The van der Waals surface area contributed by atoms with Crippen LogP contribution < -0.4 is 0 Å². The van der Waals surface area contributed by atoms with E-state index >= 15 is 0 Å². The molecule has 0 spiro atoms. The molecular formula is C14H18O3. The Labute approximate surface area is 101 Å². The molecule has 0 saturated carbocycles. The van der Waals surface area contributed by atoms with E-state index in [-0.39, 0.29) is 17.6 Å². The van der Waals surface area contributed by atoms with E-state index in [4.69, 9.17) is 4.74 Å². The van der Waals surface area contributed by atoms with E-state index in [2.05, 4.69) is 0 Å². The van der Waals surface area contributed by atoms with Crippen molar-refractivity contribution in [3.63, 3.8) is 0 Å². The van der Waals surface area contributed by atoms with E-state index in [1.807, 2.05) is 6.07 Å². The summed E-state index contributed by atoms with van der Waals surface area (Å²) in [6.07, 6.45) is 4.71. The first-order chi connectivity index (χ1) is 8.20. The molecule has 1 aliphatic carbocycles. The highest BCUT2D eigenvalue weighted by Gasteiger charge is 2.22. The first-order valence-electron chi connectivity index (χ1n) is 6.09. The van der Waals surface area contributed by atoms with Crippen molar-refractivity contribution in [3.8, 4) is 5.75 Å². The highest BCUT2D eigenvalue weighted by atomic mass is 16.5. The first-order valence-corrected chi connectivity index (χ1v) is 6.09. The maximum absolute atomic E-state index is 11.4. The third-order valence-electron chi connectivity index (χ3n) is 3.46. The van der Waals surface area contributed by atoms with Crippen molar-refractivity contribution in [2.75, 3.05) is 7.11 Å². The Kier molecular flexibility index (Phi) is 3.67. The number of phenolic OH excluding ortho intramolecular Hbond substituents is 1. The van der Waals surface area contributed by atoms with Gasteiger partial charge in [0.05, 0.1) is 13.5 Å². The lowest BCUT2D eigenvalue weighted by molar-refractivity contribution is -0.141. The highest BCUT2D eigenvalue weighted by molar-refractivity contribution is 5.70. The second-order valence-corrected chi connectivity index (χ2v) is 4.61. The molecule has 3 heteroatoms. The molecule has 0 bridgehead atoms. The van der Waals surface area contributed by atoms with Crippen LogP contribution in [-0.4, -0.2) is 18.2 Å². The lowest BCUT2D eigenvalue weighted by atomic mass is 9.90. The van der Waals surface area contributed by atoms with Crippen molar-refractivity contribution in [2.45, 2.75) is 38.0 Å². The molecule has 1 aromatic rings. The number of ether oxygens (including phenoxy) is 1. The Morgan fingerprint density at radius 2 is 2.29 bits per heavy atom. The van der Waals surface area contributed by atoms with Gasteiger partial charge >= 0.3 is 5.97 Å². The maximum atomic E-state index is 11.4. The largest absolute Gasteiger partial charge is 0.508 e. The van der Waals surface area contributed by atoms with Gasteiger partial charge < -0.3 is 9.84 Å². The normalized spacial score (nSPS) is 19.2. The Balaban J connectivity index is 2.28. The van der Waals surface area contributed by atoms with Gasteiger partial charge in [0.25, 0.3) is 0 Å². The van der Waals surface area contributed by atoms with Gasteiger partial charge in [-0.3, -0.25) is 4.79 Å². The number of fused-ring (bicyclic) bond motifs is 1. The SMILES string of the molecule is COC(=O)CC1CCCCc2ccc(O)cc21. The average Bonchev–Trinajstić information content (AvgIpc) is 2.52. The number of aryl methyl sites for hydroxylation is 1. The Bertz CT molecular complexity index is 412. The molecule has 0 amide bonds. The van der Waals surface area contributed by atoms with E-state index in [1.54, 1.807) is 12.1 Å². The zero-order chi connectivity index (χ0) is 12.3. The van der Waals surface area contributed by atoms with Crippen LogP contribution in [0.5, 0.6) is 5.75 Å². The van der Waals surface area contributed by atoms with E-state index < -0.39 is 0 Å². The molecule has 0 saturated heterocycles. The Morgan fingerprint density at radius 3 is 3.06 bits per heavy atom. The van der Waals surface area contributed by atoms with Crippen LogP contribution in [0.25, 0.3) is 0 Å². The fraction of sp³-hybridized carbons (Fsp3) is 0.500. The summed E-state index contributed by atoms with van der Waals surface area (Å²) in [7, 11) is 1.42. The molecule has 1 N–H and O–H groups in total. The summed E-state index contributed by atoms with van der Waals surface area (Å²) >= 11 is 0. The number of carbonyl (C=O) groups is 1. The smallest absolute Gasteiger partial charge is 0.306 e. The summed E-state index contributed by atoms with van der Waals surface area (Å²) in [5.74, 6) is 0.291. The second-order valence-electron chi connectivity index (χ2n) is 4.61. The highest BCUT2D eigenvalue weighted by Crippen LogP contribution is 2.34. The van der Waals surface area contributed by atoms with E-state index in [0.29, 0.717) is 6.42 Å². The number of benzene rings is 1. The number of esters is 1. The predicted octanol–water partition coefficient (Wildman–Crippen LogP) is 2.77. The van der Waals surface area contributed by atoms with Crippen molar-refractivity contribution < 1.29 is 14.6 Å². The van der Waals surface area contributed by atoms with Crippen molar-refractivity contribution in [1.29, 1.82) is 0 Å². The second kappa shape index (κ2) is 5.21. The summed E-state index contributed by atoms with van der Waals surface area (Å²) in [5, 5.41) is 9.57. The van der Waals surface area contributed by atoms with Crippen LogP contribution in [0.15, 0.2) is 18.2 Å². The molecule has 0 radical (unpaired) electrons. The number of phenols is 1. The van der Waals surface area contributed by atoms with Gasteiger partial charge in [0, 0.05) is 0 Å². The van der Waals surface area contributed by atoms with E-state index in [0.717, 1.165) is 31.2 Å². The third kappa shape index (κ3) is 2.78. The van der Waals surface area contributed by atoms with Crippen LogP contribution in [0.1, 0.15) is 42.7 Å². The van der Waals surface area contributed by atoms with E-state index in [9.17, 15) is 9.90 Å². The number of methoxy groups -OCH3 is 1. The monoisotopic (exact) mass is 234 g/mol. The fourth-order valence-electron chi connectivity index (χ4n) is 2.55. The molecule has 0 heterocycles. The van der Waals surface area contributed by atoms with Gasteiger partial charge in [-0.1, -0.05) is 12.5 Å². The van der Waals surface area contributed by atoms with Gasteiger partial charge in [-0.2, -0.15) is 0 Å². The lowest BCUT2D eigenvalue weighted by Gasteiger charge is -2.16. The molecule has 1 aliphatic rings. The van der Waals surface area contributed by atoms with Gasteiger partial charge in [0.15, 0.2) is 0 Å². The molecule has 0 fully saturated rings. The van der Waals surface area contributed by atoms with Crippen LogP contribution in [0.2, 0.25) is 0 Å². The number of hydrogen-bond acceptors (Lipinski definition) is 3. The van der Waals surface area contributed by atoms with Gasteiger partial charge in [0.1, 0.15) is 5.75 Å². The minimum Gasteiger partial charge on any atom is -0.508 e. The van der Waals surface area contributed by atoms with Crippen LogP contribution in [0.3, 0.4) is 0 Å². The average molecular weight is 234 g/mol. The lowest BCUT2D eigenvalue weighted by Crippen LogP contribution is -2.09. The summed E-state index contributed by atoms with van der Waals surface area (Å²) < 4.78 is 4.74. The minimum atomic E-state index is -0.175. The number of carbonyl (C=O) groups excluding carboxylic acids is 1.